The van der Waals surface area contributed by atoms with Crippen LogP contribution >= 0.6 is 11.8 Å². The van der Waals surface area contributed by atoms with Crippen molar-refractivity contribution in [3.63, 3.8) is 0 Å². The molecule has 0 heterocycles. The fourth-order valence-corrected chi connectivity index (χ4v) is 2.43. The molecule has 0 aromatic heterocycles. The molecule has 0 fully saturated rings. The normalized spacial score (nSPS) is 17.1. The number of hydrogen-bond donors (Lipinski definition) is 3. The first kappa shape index (κ1) is 15.7. The second-order valence-electron chi connectivity index (χ2n) is 4.55. The van der Waals surface area contributed by atoms with Gasteiger partial charge < -0.3 is 10.2 Å². The third-order valence-electron chi connectivity index (χ3n) is 2.34. The predicted octanol–water partition coefficient (Wildman–Crippen LogP) is 1.33. The Labute approximate surface area is 102 Å². The van der Waals surface area contributed by atoms with Crippen LogP contribution in [0.5, 0.6) is 0 Å². The molecule has 2 atom stereocenters. The van der Waals surface area contributed by atoms with E-state index >= 15 is 0 Å². The molecule has 0 aromatic rings. The van der Waals surface area contributed by atoms with Gasteiger partial charge in [0.2, 0.25) is 0 Å². The average Bonchev–Trinajstić information content (AvgIpc) is 2.16. The number of thioether (sulfide) groups is 1. The molecule has 0 rings (SSSR count). The number of aliphatic hydroxyl groups excluding tert-OH is 1. The van der Waals surface area contributed by atoms with Gasteiger partial charge in [-0.2, -0.15) is 11.8 Å². The highest BCUT2D eigenvalue weighted by Gasteiger charge is 2.32. The number of rotatable bonds is 8. The first-order valence-electron chi connectivity index (χ1n) is 5.55. The van der Waals surface area contributed by atoms with Crippen LogP contribution in [0, 0.1) is 0 Å². The Kier molecular flexibility index (Phi) is 7.03. The summed E-state index contributed by atoms with van der Waals surface area (Å²) in [6, 6.07) is 0.140. The van der Waals surface area contributed by atoms with Gasteiger partial charge in [0.1, 0.15) is 5.54 Å². The Morgan fingerprint density at radius 3 is 2.38 bits per heavy atom. The van der Waals surface area contributed by atoms with E-state index in [1.165, 1.54) is 0 Å². The first-order chi connectivity index (χ1) is 7.31. The molecule has 96 valence electrons. The van der Waals surface area contributed by atoms with Crippen molar-refractivity contribution >= 4 is 17.7 Å². The van der Waals surface area contributed by atoms with E-state index in [1.807, 2.05) is 20.8 Å². The van der Waals surface area contributed by atoms with E-state index in [0.717, 1.165) is 5.75 Å². The highest BCUT2D eigenvalue weighted by Crippen LogP contribution is 2.18. The molecule has 0 aliphatic heterocycles. The number of carbonyl (C=O) groups is 1. The molecule has 3 N–H and O–H groups in total. The Morgan fingerprint density at radius 2 is 2.00 bits per heavy atom. The van der Waals surface area contributed by atoms with Crippen molar-refractivity contribution in [1.29, 1.82) is 0 Å². The fourth-order valence-electron chi connectivity index (χ4n) is 1.39. The number of carboxylic acid groups (broad SMARTS) is 1. The van der Waals surface area contributed by atoms with Gasteiger partial charge in [0.25, 0.3) is 0 Å². The Morgan fingerprint density at radius 1 is 1.44 bits per heavy atom. The lowest BCUT2D eigenvalue weighted by Crippen LogP contribution is -2.52. The topological polar surface area (TPSA) is 69.6 Å². The molecule has 0 bridgehead atoms. The molecule has 0 aliphatic carbocycles. The van der Waals surface area contributed by atoms with Crippen molar-refractivity contribution in [2.24, 2.45) is 0 Å². The third kappa shape index (κ3) is 5.72. The SMILES string of the molecule is CC(C)NC(C)(CCSC(C)CO)C(=O)O. The molecule has 5 heteroatoms. The highest BCUT2D eigenvalue weighted by molar-refractivity contribution is 7.99. The summed E-state index contributed by atoms with van der Waals surface area (Å²) in [5.41, 5.74) is -0.879. The molecule has 16 heavy (non-hydrogen) atoms. The van der Waals surface area contributed by atoms with Gasteiger partial charge in [-0.25, -0.2) is 0 Å². The van der Waals surface area contributed by atoms with Gasteiger partial charge in [-0.15, -0.1) is 0 Å². The lowest BCUT2D eigenvalue weighted by molar-refractivity contribution is -0.144. The lowest BCUT2D eigenvalue weighted by atomic mass is 9.98. The highest BCUT2D eigenvalue weighted by atomic mass is 32.2. The molecule has 0 saturated carbocycles. The van der Waals surface area contributed by atoms with Crippen LogP contribution in [0.4, 0.5) is 0 Å². The summed E-state index contributed by atoms with van der Waals surface area (Å²) in [5.74, 6) is -0.0944. The van der Waals surface area contributed by atoms with E-state index in [-0.39, 0.29) is 17.9 Å². The van der Waals surface area contributed by atoms with Gasteiger partial charge in [-0.05, 0) is 32.9 Å². The molecule has 4 nitrogen and oxygen atoms in total. The Balaban J connectivity index is 4.18. The second-order valence-corrected chi connectivity index (χ2v) is 6.10. The van der Waals surface area contributed by atoms with Crippen molar-refractivity contribution in [2.75, 3.05) is 12.4 Å². The summed E-state index contributed by atoms with van der Waals surface area (Å²) in [5, 5.41) is 21.3. The maximum Gasteiger partial charge on any atom is 0.323 e. The number of aliphatic carboxylic acids is 1. The molecule has 0 radical (unpaired) electrons. The summed E-state index contributed by atoms with van der Waals surface area (Å²) >= 11 is 1.59. The molecule has 0 aromatic carbocycles. The van der Waals surface area contributed by atoms with Gasteiger partial charge >= 0.3 is 5.97 Å². The van der Waals surface area contributed by atoms with Crippen molar-refractivity contribution in [2.45, 2.75) is 50.9 Å². The van der Waals surface area contributed by atoms with E-state index in [0.29, 0.717) is 6.42 Å². The standard InChI is InChI=1S/C11H23NO3S/c1-8(2)12-11(4,10(14)15)5-6-16-9(3)7-13/h8-9,12-13H,5-7H2,1-4H3,(H,14,15). The van der Waals surface area contributed by atoms with Crippen LogP contribution in [0.25, 0.3) is 0 Å². The molecule has 2 unspecified atom stereocenters. The zero-order chi connectivity index (χ0) is 12.8. The lowest BCUT2D eigenvalue weighted by Gasteiger charge is -2.28. The van der Waals surface area contributed by atoms with Crippen LogP contribution in [0.3, 0.4) is 0 Å². The summed E-state index contributed by atoms with van der Waals surface area (Å²) in [4.78, 5) is 11.2. The molecule has 0 saturated heterocycles. The van der Waals surface area contributed by atoms with Crippen LogP contribution in [0.2, 0.25) is 0 Å². The van der Waals surface area contributed by atoms with E-state index in [2.05, 4.69) is 5.32 Å². The molecule has 0 amide bonds. The quantitative estimate of drug-likeness (QED) is 0.605. The van der Waals surface area contributed by atoms with Crippen LogP contribution < -0.4 is 5.32 Å². The fraction of sp³-hybridized carbons (Fsp3) is 0.909. The van der Waals surface area contributed by atoms with Crippen LogP contribution in [0.1, 0.15) is 34.1 Å². The second kappa shape index (κ2) is 7.14. The van der Waals surface area contributed by atoms with Crippen molar-refractivity contribution in [3.05, 3.63) is 0 Å². The zero-order valence-corrected chi connectivity index (χ0v) is 11.3. The molecule has 0 aliphatic rings. The minimum absolute atomic E-state index is 0.131. The monoisotopic (exact) mass is 249 g/mol. The maximum atomic E-state index is 11.2. The van der Waals surface area contributed by atoms with Crippen molar-refractivity contribution in [3.8, 4) is 0 Å². The predicted molar refractivity (Wildman–Crippen MR) is 67.9 cm³/mol. The van der Waals surface area contributed by atoms with Crippen molar-refractivity contribution in [1.82, 2.24) is 5.32 Å². The minimum Gasteiger partial charge on any atom is -0.480 e. The number of hydrogen-bond acceptors (Lipinski definition) is 4. The van der Waals surface area contributed by atoms with E-state index in [4.69, 9.17) is 5.11 Å². The average molecular weight is 249 g/mol. The van der Waals surface area contributed by atoms with Gasteiger partial charge in [-0.3, -0.25) is 10.1 Å². The van der Waals surface area contributed by atoms with E-state index < -0.39 is 11.5 Å². The number of aliphatic hydroxyl groups is 1. The van der Waals surface area contributed by atoms with Gasteiger partial charge in [-0.1, -0.05) is 6.92 Å². The Bertz CT molecular complexity index is 223. The van der Waals surface area contributed by atoms with Crippen LogP contribution in [-0.2, 0) is 4.79 Å². The molecular weight excluding hydrogens is 226 g/mol. The first-order valence-corrected chi connectivity index (χ1v) is 6.60. The largest absolute Gasteiger partial charge is 0.480 e. The summed E-state index contributed by atoms with van der Waals surface area (Å²) < 4.78 is 0. The molecule has 0 spiro atoms. The summed E-state index contributed by atoms with van der Waals surface area (Å²) in [6.07, 6.45) is 0.551. The third-order valence-corrected chi connectivity index (χ3v) is 3.50. The van der Waals surface area contributed by atoms with Gasteiger partial charge in [0, 0.05) is 11.3 Å². The summed E-state index contributed by atoms with van der Waals surface area (Å²) in [6.45, 7) is 7.64. The van der Waals surface area contributed by atoms with Crippen LogP contribution in [0.15, 0.2) is 0 Å². The number of nitrogens with one attached hydrogen (secondary N) is 1. The van der Waals surface area contributed by atoms with Crippen LogP contribution in [-0.4, -0.2) is 45.4 Å². The van der Waals surface area contributed by atoms with E-state index in [1.54, 1.807) is 18.7 Å². The Hall–Kier alpha value is -0.260. The smallest absolute Gasteiger partial charge is 0.323 e. The number of carboxylic acids is 1. The van der Waals surface area contributed by atoms with E-state index in [9.17, 15) is 9.90 Å². The molecular formula is C11H23NO3S. The maximum absolute atomic E-state index is 11.2. The van der Waals surface area contributed by atoms with Gasteiger partial charge in [0.15, 0.2) is 0 Å². The minimum atomic E-state index is -0.879. The zero-order valence-electron chi connectivity index (χ0n) is 10.5. The van der Waals surface area contributed by atoms with Crippen molar-refractivity contribution < 1.29 is 15.0 Å². The van der Waals surface area contributed by atoms with Gasteiger partial charge in [0.05, 0.1) is 6.61 Å². The summed E-state index contributed by atoms with van der Waals surface area (Å²) in [7, 11) is 0.